The smallest absolute Gasteiger partial charge is 0.289 e. The van der Waals surface area contributed by atoms with Crippen molar-refractivity contribution in [3.63, 3.8) is 0 Å². The molecule has 0 bridgehead atoms. The molecule has 0 atom stereocenters. The van der Waals surface area contributed by atoms with Crippen LogP contribution in [0.4, 0.5) is 11.4 Å². The van der Waals surface area contributed by atoms with Crippen LogP contribution in [-0.2, 0) is 14.8 Å². The van der Waals surface area contributed by atoms with Gasteiger partial charge in [0.05, 0.1) is 23.4 Å². The molecular formula is C23H22N4O6S. The van der Waals surface area contributed by atoms with E-state index in [1.165, 1.54) is 24.3 Å². The van der Waals surface area contributed by atoms with Crippen molar-refractivity contribution < 1.29 is 22.9 Å². The molecule has 11 heteroatoms. The van der Waals surface area contributed by atoms with E-state index >= 15 is 0 Å². The van der Waals surface area contributed by atoms with Crippen molar-refractivity contribution in [2.75, 3.05) is 18.0 Å². The molecule has 10 nitrogen and oxygen atoms in total. The number of ether oxygens (including phenoxy) is 1. The number of nitrogens with zero attached hydrogens (tertiary/aromatic N) is 3. The van der Waals surface area contributed by atoms with Crippen LogP contribution in [0.5, 0.6) is 5.75 Å². The van der Waals surface area contributed by atoms with Gasteiger partial charge >= 0.3 is 0 Å². The van der Waals surface area contributed by atoms with Crippen molar-refractivity contribution in [1.82, 2.24) is 5.43 Å². The van der Waals surface area contributed by atoms with Gasteiger partial charge in [-0.3, -0.25) is 19.2 Å². The quantitative estimate of drug-likeness (QED) is 0.283. The predicted octanol–water partition coefficient (Wildman–Crippen LogP) is 3.34. The van der Waals surface area contributed by atoms with E-state index in [2.05, 4.69) is 10.5 Å². The van der Waals surface area contributed by atoms with E-state index in [0.717, 1.165) is 22.0 Å². The molecule has 0 aliphatic rings. The van der Waals surface area contributed by atoms with Crippen molar-refractivity contribution in [3.8, 4) is 5.75 Å². The van der Waals surface area contributed by atoms with Crippen LogP contribution in [0.1, 0.15) is 12.5 Å². The molecule has 3 aromatic rings. The summed E-state index contributed by atoms with van der Waals surface area (Å²) in [7, 11) is -2.91. The van der Waals surface area contributed by atoms with Crippen molar-refractivity contribution in [2.45, 2.75) is 11.8 Å². The second-order valence-electron chi connectivity index (χ2n) is 7.03. The van der Waals surface area contributed by atoms with E-state index in [9.17, 15) is 23.3 Å². The lowest BCUT2D eigenvalue weighted by Crippen LogP contribution is -2.40. The Morgan fingerprint density at radius 3 is 2.26 bits per heavy atom. The first-order chi connectivity index (χ1) is 16.2. The minimum absolute atomic E-state index is 0.173. The van der Waals surface area contributed by atoms with Gasteiger partial charge < -0.3 is 4.74 Å². The highest BCUT2D eigenvalue weighted by atomic mass is 32.2. The zero-order chi connectivity index (χ0) is 24.7. The van der Waals surface area contributed by atoms with Gasteiger partial charge in [0, 0.05) is 6.07 Å². The Labute approximate surface area is 196 Å². The number of nitro groups is 1. The summed E-state index contributed by atoms with van der Waals surface area (Å²) in [6, 6.07) is 19.9. The number of rotatable bonds is 9. The van der Waals surface area contributed by atoms with Crippen LogP contribution in [0.2, 0.25) is 0 Å². The summed E-state index contributed by atoms with van der Waals surface area (Å²) in [6.07, 6.45) is 0. The molecule has 0 aliphatic heterocycles. The fourth-order valence-electron chi connectivity index (χ4n) is 3.06. The molecule has 0 fully saturated rings. The minimum Gasteiger partial charge on any atom is -0.497 e. The van der Waals surface area contributed by atoms with Gasteiger partial charge in [-0.2, -0.15) is 5.10 Å². The molecule has 0 spiro atoms. The summed E-state index contributed by atoms with van der Waals surface area (Å²) in [5.74, 6) is -0.0572. The minimum atomic E-state index is -4.45. The number of sulfonamides is 1. The highest BCUT2D eigenvalue weighted by molar-refractivity contribution is 7.93. The number of methoxy groups -OCH3 is 1. The maximum atomic E-state index is 13.4. The number of nitrogens with one attached hydrogen (secondary N) is 1. The van der Waals surface area contributed by atoms with Crippen LogP contribution >= 0.6 is 0 Å². The number of hydrazone groups is 1. The maximum absolute atomic E-state index is 13.4. The zero-order valence-electron chi connectivity index (χ0n) is 18.4. The number of anilines is 1. The Kier molecular flexibility index (Phi) is 7.59. The molecule has 34 heavy (non-hydrogen) atoms. The van der Waals surface area contributed by atoms with Crippen LogP contribution in [0, 0.1) is 10.1 Å². The average Bonchev–Trinajstić information content (AvgIpc) is 2.86. The van der Waals surface area contributed by atoms with Gasteiger partial charge in [0.2, 0.25) is 0 Å². The molecular weight excluding hydrogens is 460 g/mol. The fraction of sp³-hybridized carbons (Fsp3) is 0.130. The summed E-state index contributed by atoms with van der Waals surface area (Å²) < 4.78 is 32.7. The van der Waals surface area contributed by atoms with Crippen molar-refractivity contribution >= 4 is 33.0 Å². The number of hydrogen-bond donors (Lipinski definition) is 1. The lowest BCUT2D eigenvalue weighted by molar-refractivity contribution is -0.387. The van der Waals surface area contributed by atoms with Crippen LogP contribution in [0.25, 0.3) is 0 Å². The van der Waals surface area contributed by atoms with Gasteiger partial charge in [-0.15, -0.1) is 0 Å². The topological polar surface area (TPSA) is 131 Å². The monoisotopic (exact) mass is 482 g/mol. The Morgan fingerprint density at radius 1 is 1.03 bits per heavy atom. The normalized spacial score (nSPS) is 11.5. The van der Waals surface area contributed by atoms with E-state index in [0.29, 0.717) is 11.5 Å². The fourth-order valence-corrected chi connectivity index (χ4v) is 4.64. The molecule has 0 saturated carbocycles. The van der Waals surface area contributed by atoms with Gasteiger partial charge in [-0.1, -0.05) is 30.3 Å². The second kappa shape index (κ2) is 10.6. The summed E-state index contributed by atoms with van der Waals surface area (Å²) in [6.45, 7) is 1.04. The summed E-state index contributed by atoms with van der Waals surface area (Å²) in [5, 5.41) is 15.5. The Morgan fingerprint density at radius 2 is 1.65 bits per heavy atom. The number of nitro benzene ring substituents is 1. The van der Waals surface area contributed by atoms with Gasteiger partial charge in [-0.25, -0.2) is 13.8 Å². The molecule has 0 aliphatic carbocycles. The van der Waals surface area contributed by atoms with Crippen LogP contribution in [0.15, 0.2) is 88.9 Å². The first-order valence-electron chi connectivity index (χ1n) is 10.0. The van der Waals surface area contributed by atoms with Gasteiger partial charge in [-0.05, 0) is 55.0 Å². The Balaban J connectivity index is 1.89. The van der Waals surface area contributed by atoms with Crippen LogP contribution < -0.4 is 14.5 Å². The number of benzene rings is 3. The summed E-state index contributed by atoms with van der Waals surface area (Å²) in [5.41, 5.74) is 3.16. The lowest BCUT2D eigenvalue weighted by atomic mass is 10.1. The molecule has 0 unspecified atom stereocenters. The first-order valence-corrected chi connectivity index (χ1v) is 11.5. The third kappa shape index (κ3) is 5.56. The van der Waals surface area contributed by atoms with Crippen molar-refractivity contribution in [2.24, 2.45) is 5.10 Å². The van der Waals surface area contributed by atoms with Gasteiger partial charge in [0.15, 0.2) is 4.90 Å². The number of carbonyl (C=O) groups excluding carboxylic acids is 1. The Bertz CT molecular complexity index is 1310. The summed E-state index contributed by atoms with van der Waals surface area (Å²) >= 11 is 0. The second-order valence-corrected chi connectivity index (χ2v) is 8.86. The number of hydrogen-bond acceptors (Lipinski definition) is 7. The number of carbonyl (C=O) groups is 1. The highest BCUT2D eigenvalue weighted by Gasteiger charge is 2.33. The molecule has 1 amide bonds. The lowest BCUT2D eigenvalue weighted by Gasteiger charge is -2.23. The Hall–Kier alpha value is -4.25. The molecule has 0 heterocycles. The summed E-state index contributed by atoms with van der Waals surface area (Å²) in [4.78, 5) is 22.8. The van der Waals surface area contributed by atoms with E-state index in [4.69, 9.17) is 4.74 Å². The highest BCUT2D eigenvalue weighted by Crippen LogP contribution is 2.29. The van der Waals surface area contributed by atoms with Crippen LogP contribution in [-0.4, -0.2) is 38.6 Å². The van der Waals surface area contributed by atoms with Crippen molar-refractivity contribution in [3.05, 3.63) is 94.5 Å². The SMILES string of the molecule is COc1ccc(/C(C)=N/NC(=O)CN(c2ccccc2)S(=O)(=O)c2ccccc2[N+](=O)[O-])cc1. The van der Waals surface area contributed by atoms with Gasteiger partial charge in [0.25, 0.3) is 21.6 Å². The average molecular weight is 483 g/mol. The van der Waals surface area contributed by atoms with Crippen molar-refractivity contribution in [1.29, 1.82) is 0 Å². The molecule has 3 rings (SSSR count). The third-order valence-corrected chi connectivity index (χ3v) is 6.64. The van der Waals surface area contributed by atoms with Gasteiger partial charge in [0.1, 0.15) is 12.3 Å². The zero-order valence-corrected chi connectivity index (χ0v) is 19.2. The molecule has 1 N–H and O–H groups in total. The van der Waals surface area contributed by atoms with E-state index < -0.39 is 38.0 Å². The molecule has 176 valence electrons. The third-order valence-electron chi connectivity index (χ3n) is 4.82. The van der Waals surface area contributed by atoms with E-state index in [-0.39, 0.29) is 5.69 Å². The number of amides is 1. The molecule has 0 saturated heterocycles. The van der Waals surface area contributed by atoms with E-state index in [1.807, 2.05) is 0 Å². The molecule has 0 radical (unpaired) electrons. The molecule has 0 aromatic heterocycles. The van der Waals surface area contributed by atoms with Crippen LogP contribution in [0.3, 0.4) is 0 Å². The standard InChI is InChI=1S/C23H22N4O6S/c1-17(18-12-14-20(33-2)15-13-18)24-25-23(28)16-26(19-8-4-3-5-9-19)34(31,32)22-11-7-6-10-21(22)27(29)30/h3-15H,16H2,1-2H3,(H,25,28)/b24-17+. The van der Waals surface area contributed by atoms with E-state index in [1.54, 1.807) is 56.5 Å². The first kappa shape index (κ1) is 24.4. The predicted molar refractivity (Wildman–Crippen MR) is 127 cm³/mol. The number of para-hydroxylation sites is 2. The largest absolute Gasteiger partial charge is 0.497 e. The maximum Gasteiger partial charge on any atom is 0.289 e. The molecule has 3 aromatic carbocycles.